The van der Waals surface area contributed by atoms with Gasteiger partial charge in [0.25, 0.3) is 0 Å². The maximum absolute atomic E-state index is 11.3. The van der Waals surface area contributed by atoms with Crippen molar-refractivity contribution < 1.29 is 24.9 Å². The van der Waals surface area contributed by atoms with Gasteiger partial charge in [0, 0.05) is 0 Å². The first kappa shape index (κ1) is 21.8. The van der Waals surface area contributed by atoms with Crippen molar-refractivity contribution in [2.45, 2.75) is 65.1 Å². The van der Waals surface area contributed by atoms with E-state index < -0.39 is 17.2 Å². The fraction of sp³-hybridized carbons (Fsp3) is 0.435. The maximum atomic E-state index is 11.3. The predicted octanol–water partition coefficient (Wildman–Crippen LogP) is 5.01. The SMILES string of the molecule is C/C(=C\CC[C@]1(C)C=Cc2c(cc(C)c(C(=O)O)c2O)O1)C/C=C\C(C)(C)O. The minimum absolute atomic E-state index is 0.0896. The number of aromatic hydroxyl groups is 1. The molecule has 1 aromatic carbocycles. The number of aromatic carboxylic acids is 1. The molecule has 0 aromatic heterocycles. The highest BCUT2D eigenvalue weighted by Gasteiger charge is 2.30. The first-order valence-corrected chi connectivity index (χ1v) is 9.46. The summed E-state index contributed by atoms with van der Waals surface area (Å²) in [6.07, 6.45) is 11.9. The highest BCUT2D eigenvalue weighted by Crippen LogP contribution is 2.41. The highest BCUT2D eigenvalue weighted by atomic mass is 16.5. The Kier molecular flexibility index (Phi) is 6.40. The number of carbonyl (C=O) groups is 1. The monoisotopic (exact) mass is 386 g/mol. The van der Waals surface area contributed by atoms with Crippen LogP contribution in [0.3, 0.4) is 0 Å². The summed E-state index contributed by atoms with van der Waals surface area (Å²) < 4.78 is 6.11. The third-order valence-corrected chi connectivity index (χ3v) is 4.76. The van der Waals surface area contributed by atoms with E-state index in [0.717, 1.165) is 19.3 Å². The summed E-state index contributed by atoms with van der Waals surface area (Å²) in [5.74, 6) is -0.910. The van der Waals surface area contributed by atoms with Gasteiger partial charge in [0.2, 0.25) is 0 Å². The number of aryl methyl sites for hydroxylation is 1. The number of carboxylic acid groups (broad SMARTS) is 1. The van der Waals surface area contributed by atoms with Crippen LogP contribution in [0.5, 0.6) is 11.5 Å². The normalized spacial score (nSPS) is 19.6. The van der Waals surface area contributed by atoms with Gasteiger partial charge in [0.1, 0.15) is 22.7 Å². The maximum Gasteiger partial charge on any atom is 0.339 e. The zero-order valence-corrected chi connectivity index (χ0v) is 17.2. The van der Waals surface area contributed by atoms with Crippen molar-refractivity contribution in [3.63, 3.8) is 0 Å². The van der Waals surface area contributed by atoms with Crippen molar-refractivity contribution in [3.05, 3.63) is 52.6 Å². The van der Waals surface area contributed by atoms with Crippen LogP contribution >= 0.6 is 0 Å². The van der Waals surface area contributed by atoms with Crippen LogP contribution in [0.1, 0.15) is 68.4 Å². The van der Waals surface area contributed by atoms with E-state index >= 15 is 0 Å². The van der Waals surface area contributed by atoms with Crippen LogP contribution in [0.25, 0.3) is 6.08 Å². The van der Waals surface area contributed by atoms with Crippen LogP contribution in [0.4, 0.5) is 0 Å². The Morgan fingerprint density at radius 3 is 2.64 bits per heavy atom. The van der Waals surface area contributed by atoms with E-state index in [1.807, 2.05) is 19.1 Å². The molecule has 0 bridgehead atoms. The molecule has 0 unspecified atom stereocenters. The summed E-state index contributed by atoms with van der Waals surface area (Å²) in [5, 5.41) is 29.3. The molecule has 28 heavy (non-hydrogen) atoms. The van der Waals surface area contributed by atoms with Crippen LogP contribution in [-0.2, 0) is 0 Å². The van der Waals surface area contributed by atoms with Crippen molar-refractivity contribution >= 4 is 12.0 Å². The molecule has 5 heteroatoms. The number of allylic oxidation sites excluding steroid dienone is 3. The number of carboxylic acids is 1. The molecular formula is C23H30O5. The minimum atomic E-state index is -1.15. The lowest BCUT2D eigenvalue weighted by Gasteiger charge is -2.32. The summed E-state index contributed by atoms with van der Waals surface area (Å²) >= 11 is 0. The second-order valence-electron chi connectivity index (χ2n) is 8.23. The Labute approximate surface area is 166 Å². The predicted molar refractivity (Wildman–Crippen MR) is 111 cm³/mol. The minimum Gasteiger partial charge on any atom is -0.506 e. The first-order valence-electron chi connectivity index (χ1n) is 9.46. The molecule has 2 rings (SSSR count). The van der Waals surface area contributed by atoms with Gasteiger partial charge in [-0.1, -0.05) is 23.8 Å². The number of rotatable bonds is 7. The third-order valence-electron chi connectivity index (χ3n) is 4.76. The van der Waals surface area contributed by atoms with Gasteiger partial charge in [0.15, 0.2) is 0 Å². The molecule has 0 aliphatic carbocycles. The van der Waals surface area contributed by atoms with E-state index in [0.29, 0.717) is 16.9 Å². The molecule has 0 saturated heterocycles. The average molecular weight is 386 g/mol. The van der Waals surface area contributed by atoms with Crippen LogP contribution in [0.15, 0.2) is 35.9 Å². The van der Waals surface area contributed by atoms with Crippen molar-refractivity contribution in [3.8, 4) is 11.5 Å². The highest BCUT2D eigenvalue weighted by molar-refractivity contribution is 5.95. The Bertz CT molecular complexity index is 840. The van der Waals surface area contributed by atoms with E-state index in [2.05, 4.69) is 13.0 Å². The first-order chi connectivity index (χ1) is 12.9. The van der Waals surface area contributed by atoms with Gasteiger partial charge in [-0.05, 0) is 77.7 Å². The molecule has 0 radical (unpaired) electrons. The van der Waals surface area contributed by atoms with Crippen LogP contribution in [0.2, 0.25) is 0 Å². The van der Waals surface area contributed by atoms with Crippen LogP contribution in [0, 0.1) is 6.92 Å². The van der Waals surface area contributed by atoms with Crippen molar-refractivity contribution in [2.24, 2.45) is 0 Å². The van der Waals surface area contributed by atoms with Gasteiger partial charge in [0.05, 0.1) is 11.2 Å². The lowest BCUT2D eigenvalue weighted by molar-refractivity contribution is 0.0692. The average Bonchev–Trinajstić information content (AvgIpc) is 2.52. The van der Waals surface area contributed by atoms with E-state index in [-0.39, 0.29) is 11.3 Å². The van der Waals surface area contributed by atoms with Gasteiger partial charge >= 0.3 is 5.97 Å². The molecule has 1 aliphatic heterocycles. The summed E-state index contributed by atoms with van der Waals surface area (Å²) in [6, 6.07) is 1.67. The van der Waals surface area contributed by atoms with Gasteiger partial charge in [-0.25, -0.2) is 4.79 Å². The largest absolute Gasteiger partial charge is 0.506 e. The Morgan fingerprint density at radius 1 is 1.36 bits per heavy atom. The lowest BCUT2D eigenvalue weighted by Crippen LogP contribution is -2.31. The second kappa shape index (κ2) is 8.23. The second-order valence-corrected chi connectivity index (χ2v) is 8.23. The van der Waals surface area contributed by atoms with Crippen LogP contribution in [-0.4, -0.2) is 32.5 Å². The Morgan fingerprint density at radius 2 is 2.04 bits per heavy atom. The summed E-state index contributed by atoms with van der Waals surface area (Å²) in [6.45, 7) is 9.16. The fourth-order valence-electron chi connectivity index (χ4n) is 3.20. The summed E-state index contributed by atoms with van der Waals surface area (Å²) in [5.41, 5.74) is 0.666. The molecule has 0 amide bonds. The number of phenols is 1. The number of fused-ring (bicyclic) bond motifs is 1. The van der Waals surface area contributed by atoms with E-state index in [1.54, 1.807) is 39.0 Å². The molecule has 0 saturated carbocycles. The molecule has 1 atom stereocenters. The van der Waals surface area contributed by atoms with Gasteiger partial charge in [-0.15, -0.1) is 0 Å². The fourth-order valence-corrected chi connectivity index (χ4v) is 3.20. The van der Waals surface area contributed by atoms with E-state index in [1.165, 1.54) is 5.57 Å². The molecule has 0 spiro atoms. The van der Waals surface area contributed by atoms with Gasteiger partial charge < -0.3 is 20.1 Å². The molecule has 1 aliphatic rings. The van der Waals surface area contributed by atoms with Crippen LogP contribution < -0.4 is 4.74 Å². The number of aliphatic hydroxyl groups is 1. The van der Waals surface area contributed by atoms with Crippen molar-refractivity contribution in [2.75, 3.05) is 0 Å². The zero-order chi connectivity index (χ0) is 21.1. The van der Waals surface area contributed by atoms with Gasteiger partial charge in [-0.3, -0.25) is 0 Å². The Balaban J connectivity index is 2.06. The third kappa shape index (κ3) is 5.49. The quantitative estimate of drug-likeness (QED) is 0.574. The summed E-state index contributed by atoms with van der Waals surface area (Å²) in [7, 11) is 0. The van der Waals surface area contributed by atoms with E-state index in [4.69, 9.17) is 4.74 Å². The Hall–Kier alpha value is -2.53. The van der Waals surface area contributed by atoms with Gasteiger partial charge in [-0.2, -0.15) is 0 Å². The number of hydrogen-bond donors (Lipinski definition) is 3. The summed E-state index contributed by atoms with van der Waals surface area (Å²) in [4.78, 5) is 11.3. The molecule has 3 N–H and O–H groups in total. The van der Waals surface area contributed by atoms with Crippen molar-refractivity contribution in [1.29, 1.82) is 0 Å². The van der Waals surface area contributed by atoms with E-state index in [9.17, 15) is 20.1 Å². The number of ether oxygens (including phenoxy) is 1. The number of hydrogen-bond acceptors (Lipinski definition) is 4. The molecule has 0 fully saturated rings. The molecule has 1 aromatic rings. The topological polar surface area (TPSA) is 87.0 Å². The molecule has 152 valence electrons. The molecule has 1 heterocycles. The molecule has 5 nitrogen and oxygen atoms in total. The molecular weight excluding hydrogens is 356 g/mol. The van der Waals surface area contributed by atoms with Crippen molar-refractivity contribution in [1.82, 2.24) is 0 Å². The standard InChI is InChI=1S/C23H30O5/c1-15(8-6-11-22(3,4)27)9-7-12-23(5)13-10-17-18(28-23)14-16(2)19(20(17)24)21(25)26/h6,9-11,13-14,24,27H,7-8,12H2,1-5H3,(H,25,26)/b11-6-,15-9+/t23-/m1/s1. The smallest absolute Gasteiger partial charge is 0.339 e. The zero-order valence-electron chi connectivity index (χ0n) is 17.2. The lowest BCUT2D eigenvalue weighted by atomic mass is 9.92. The number of benzene rings is 1.